The van der Waals surface area contributed by atoms with Crippen LogP contribution in [0.3, 0.4) is 0 Å². The topological polar surface area (TPSA) is 98.5 Å². The van der Waals surface area contributed by atoms with E-state index in [0.717, 1.165) is 13.2 Å². The molecule has 0 aliphatic heterocycles. The minimum absolute atomic E-state index is 0.0610. The second-order valence-corrected chi connectivity index (χ2v) is 4.49. The molecule has 21 heavy (non-hydrogen) atoms. The number of nitrogens with zero attached hydrogens (tertiary/aromatic N) is 1. The average molecular weight is 300 g/mol. The first-order valence-corrected chi connectivity index (χ1v) is 5.87. The zero-order chi connectivity index (χ0) is 15.7. The number of amides is 1. The number of nitro groups is 1. The molecule has 1 saturated carbocycles. The van der Waals surface area contributed by atoms with Crippen molar-refractivity contribution in [2.45, 2.75) is 12.5 Å². The fourth-order valence-electron chi connectivity index (χ4n) is 1.83. The van der Waals surface area contributed by atoms with E-state index < -0.39 is 51.6 Å². The molecule has 0 heterocycles. The molecule has 1 aromatic carbocycles. The molecule has 0 aromatic heterocycles. The molecule has 1 N–H and O–H groups in total. The van der Waals surface area contributed by atoms with Gasteiger partial charge in [-0.25, -0.2) is 13.6 Å². The van der Waals surface area contributed by atoms with Crippen LogP contribution in [0, 0.1) is 27.7 Å². The molecular weight excluding hydrogens is 290 g/mol. The molecule has 9 heteroatoms. The highest BCUT2D eigenvalue weighted by Gasteiger charge is 2.53. The van der Waals surface area contributed by atoms with Gasteiger partial charge in [-0.2, -0.15) is 0 Å². The van der Waals surface area contributed by atoms with Crippen LogP contribution in [0.1, 0.15) is 16.8 Å². The number of hydrogen-bond donors (Lipinski definition) is 1. The zero-order valence-electron chi connectivity index (χ0n) is 10.8. The molecule has 1 aromatic rings. The highest BCUT2D eigenvalue weighted by Crippen LogP contribution is 2.34. The Bertz CT molecular complexity index is 634. The fraction of sp³-hybridized carbons (Fsp3) is 0.333. The summed E-state index contributed by atoms with van der Waals surface area (Å²) >= 11 is 0. The van der Waals surface area contributed by atoms with E-state index in [1.807, 2.05) is 0 Å². The van der Waals surface area contributed by atoms with Gasteiger partial charge in [-0.05, 0) is 6.07 Å². The van der Waals surface area contributed by atoms with Crippen molar-refractivity contribution in [3.05, 3.63) is 39.4 Å². The van der Waals surface area contributed by atoms with Crippen LogP contribution in [0.15, 0.2) is 12.1 Å². The Labute approximate surface area is 117 Å². The normalized spacial score (nSPS) is 19.8. The van der Waals surface area contributed by atoms with Gasteiger partial charge >= 0.3 is 5.97 Å². The van der Waals surface area contributed by atoms with E-state index in [1.54, 1.807) is 0 Å². The van der Waals surface area contributed by atoms with E-state index in [-0.39, 0.29) is 6.42 Å². The van der Waals surface area contributed by atoms with E-state index in [9.17, 15) is 28.5 Å². The number of methoxy groups -OCH3 is 1. The predicted octanol–water partition coefficient (Wildman–Crippen LogP) is 1.36. The third-order valence-corrected chi connectivity index (χ3v) is 3.08. The number of carbonyl (C=O) groups is 2. The summed E-state index contributed by atoms with van der Waals surface area (Å²) in [5.74, 6) is -4.86. The Hall–Kier alpha value is -2.58. The van der Waals surface area contributed by atoms with Crippen molar-refractivity contribution in [2.24, 2.45) is 5.92 Å². The number of esters is 1. The third-order valence-electron chi connectivity index (χ3n) is 3.08. The molecule has 112 valence electrons. The van der Waals surface area contributed by atoms with Gasteiger partial charge in [0.05, 0.1) is 18.4 Å². The number of rotatable bonds is 4. The van der Waals surface area contributed by atoms with E-state index >= 15 is 0 Å². The van der Waals surface area contributed by atoms with Gasteiger partial charge in [-0.3, -0.25) is 14.9 Å². The third kappa shape index (κ3) is 2.96. The van der Waals surface area contributed by atoms with Crippen molar-refractivity contribution in [1.82, 2.24) is 0 Å². The quantitative estimate of drug-likeness (QED) is 0.514. The van der Waals surface area contributed by atoms with Crippen LogP contribution in [0.25, 0.3) is 0 Å². The lowest BCUT2D eigenvalue weighted by Crippen LogP contribution is -2.19. The van der Waals surface area contributed by atoms with Crippen LogP contribution < -0.4 is 5.32 Å². The second-order valence-electron chi connectivity index (χ2n) is 4.49. The maximum atomic E-state index is 13.6. The summed E-state index contributed by atoms with van der Waals surface area (Å²) in [6.45, 7) is 0. The number of halogens is 2. The van der Waals surface area contributed by atoms with Crippen molar-refractivity contribution in [2.75, 3.05) is 12.4 Å². The molecule has 1 fully saturated rings. The summed E-state index contributed by atoms with van der Waals surface area (Å²) < 4.78 is 31.3. The molecule has 1 aliphatic carbocycles. The van der Waals surface area contributed by atoms with E-state index in [2.05, 4.69) is 10.1 Å². The van der Waals surface area contributed by atoms with Gasteiger partial charge in [-0.1, -0.05) is 0 Å². The standard InChI is InChI=1S/C12H10F2N2O5/c1-21-12(18)5-2-9(8(14)4-7(5)13)15-11(17)6-3-10(6)16(19)20/h2,4,6,10H,3H2,1H3,(H,15,17)/t6-,10+/m1/s1. The Morgan fingerprint density at radius 2 is 2.05 bits per heavy atom. The molecule has 0 spiro atoms. The van der Waals surface area contributed by atoms with Gasteiger partial charge in [0.1, 0.15) is 17.6 Å². The van der Waals surface area contributed by atoms with E-state index in [0.29, 0.717) is 6.07 Å². The maximum absolute atomic E-state index is 13.6. The first-order valence-electron chi connectivity index (χ1n) is 5.87. The van der Waals surface area contributed by atoms with Gasteiger partial charge in [0.25, 0.3) is 0 Å². The minimum atomic E-state index is -1.13. The van der Waals surface area contributed by atoms with Crippen molar-refractivity contribution in [3.63, 3.8) is 0 Å². The fourth-order valence-corrected chi connectivity index (χ4v) is 1.83. The molecule has 0 radical (unpaired) electrons. The highest BCUT2D eigenvalue weighted by molar-refractivity contribution is 5.97. The van der Waals surface area contributed by atoms with Gasteiger partial charge in [0, 0.05) is 17.4 Å². The Morgan fingerprint density at radius 1 is 1.38 bits per heavy atom. The summed E-state index contributed by atoms with van der Waals surface area (Å²) in [5, 5.41) is 12.6. The lowest BCUT2D eigenvalue weighted by molar-refractivity contribution is -0.497. The molecule has 0 bridgehead atoms. The summed E-state index contributed by atoms with van der Waals surface area (Å²) in [4.78, 5) is 32.8. The highest BCUT2D eigenvalue weighted by atomic mass is 19.1. The van der Waals surface area contributed by atoms with E-state index in [1.165, 1.54) is 0 Å². The molecule has 2 rings (SSSR count). The summed E-state index contributed by atoms with van der Waals surface area (Å²) in [6, 6.07) is 0.228. The molecule has 2 atom stereocenters. The van der Waals surface area contributed by atoms with Gasteiger partial charge in [-0.15, -0.1) is 0 Å². The number of nitrogens with one attached hydrogen (secondary N) is 1. The Morgan fingerprint density at radius 3 is 2.57 bits per heavy atom. The predicted molar refractivity (Wildman–Crippen MR) is 65.2 cm³/mol. The largest absolute Gasteiger partial charge is 0.465 e. The summed E-state index contributed by atoms with van der Waals surface area (Å²) in [6.07, 6.45) is 0.0610. The van der Waals surface area contributed by atoms with Gasteiger partial charge in [0.2, 0.25) is 11.9 Å². The number of benzene rings is 1. The number of hydrogen-bond acceptors (Lipinski definition) is 5. The molecule has 1 amide bonds. The SMILES string of the molecule is COC(=O)c1cc(NC(=O)[C@@H]2C[C@@H]2[N+](=O)[O-])c(F)cc1F. The average Bonchev–Trinajstić information content (AvgIpc) is 3.21. The smallest absolute Gasteiger partial charge is 0.340 e. The van der Waals surface area contributed by atoms with Crippen molar-refractivity contribution < 1.29 is 28.0 Å². The molecule has 7 nitrogen and oxygen atoms in total. The van der Waals surface area contributed by atoms with E-state index in [4.69, 9.17) is 0 Å². The number of ether oxygens (including phenoxy) is 1. The van der Waals surface area contributed by atoms with Gasteiger partial charge < -0.3 is 10.1 Å². The number of anilines is 1. The van der Waals surface area contributed by atoms with Crippen LogP contribution in [-0.2, 0) is 9.53 Å². The van der Waals surface area contributed by atoms with Crippen LogP contribution in [0.2, 0.25) is 0 Å². The molecule has 0 unspecified atom stereocenters. The van der Waals surface area contributed by atoms with Crippen LogP contribution in [0.5, 0.6) is 0 Å². The first-order chi connectivity index (χ1) is 9.85. The van der Waals surface area contributed by atoms with Crippen LogP contribution >= 0.6 is 0 Å². The number of carbonyl (C=O) groups excluding carboxylic acids is 2. The van der Waals surface area contributed by atoms with Crippen molar-refractivity contribution >= 4 is 17.6 Å². The van der Waals surface area contributed by atoms with Crippen molar-refractivity contribution in [1.29, 1.82) is 0 Å². The van der Waals surface area contributed by atoms with Crippen molar-refractivity contribution in [3.8, 4) is 0 Å². The lowest BCUT2D eigenvalue weighted by atomic mass is 10.1. The Balaban J connectivity index is 2.19. The second kappa shape index (κ2) is 5.43. The molecular formula is C12H10F2N2O5. The summed E-state index contributed by atoms with van der Waals surface area (Å²) in [5.41, 5.74) is -0.980. The molecule has 1 aliphatic rings. The van der Waals surface area contributed by atoms with Gasteiger partial charge in [0.15, 0.2) is 0 Å². The minimum Gasteiger partial charge on any atom is -0.465 e. The summed E-state index contributed by atoms with van der Waals surface area (Å²) in [7, 11) is 1.02. The Kier molecular flexibility index (Phi) is 3.83. The maximum Gasteiger partial charge on any atom is 0.340 e. The van der Waals surface area contributed by atoms with Crippen LogP contribution in [0.4, 0.5) is 14.5 Å². The monoisotopic (exact) mass is 300 g/mol. The zero-order valence-corrected chi connectivity index (χ0v) is 10.8. The lowest BCUT2D eigenvalue weighted by Gasteiger charge is -2.08. The first kappa shape index (κ1) is 14.8. The molecule has 0 saturated heterocycles. The van der Waals surface area contributed by atoms with Crippen LogP contribution in [-0.4, -0.2) is 30.0 Å².